The van der Waals surface area contributed by atoms with E-state index in [1.165, 1.54) is 33.5 Å². The van der Waals surface area contributed by atoms with E-state index >= 15 is 0 Å². The molecule has 3 rings (SSSR count). The van der Waals surface area contributed by atoms with Crippen molar-refractivity contribution in [1.82, 2.24) is 9.78 Å². The van der Waals surface area contributed by atoms with Crippen LogP contribution in [-0.4, -0.2) is 37.0 Å². The van der Waals surface area contributed by atoms with Crippen LogP contribution >= 0.6 is 0 Å². The van der Waals surface area contributed by atoms with Crippen LogP contribution in [0.15, 0.2) is 48.7 Å². The molecule has 0 radical (unpaired) electrons. The molecule has 2 aromatic carbocycles. The zero-order valence-electron chi connectivity index (χ0n) is 15.7. The number of hydrogen-bond acceptors (Lipinski definition) is 5. The quantitative estimate of drug-likeness (QED) is 0.675. The van der Waals surface area contributed by atoms with Crippen molar-refractivity contribution < 1.29 is 23.4 Å². The largest absolute Gasteiger partial charge is 0.493 e. The lowest BCUT2D eigenvalue weighted by atomic mass is 10.1. The molecule has 8 heteroatoms. The van der Waals surface area contributed by atoms with Gasteiger partial charge in [-0.1, -0.05) is 12.1 Å². The summed E-state index contributed by atoms with van der Waals surface area (Å²) in [6, 6.07) is 11.0. The molecule has 0 unspecified atom stereocenters. The molecule has 0 atom stereocenters. The molecule has 0 spiro atoms. The molecule has 1 N–H and O–H groups in total. The zero-order chi connectivity index (χ0) is 20.1. The van der Waals surface area contributed by atoms with Gasteiger partial charge < -0.3 is 19.5 Å². The second-order valence-corrected chi connectivity index (χ2v) is 5.86. The maximum Gasteiger partial charge on any atom is 0.260 e. The van der Waals surface area contributed by atoms with Crippen LogP contribution in [-0.2, 0) is 6.54 Å². The Morgan fingerprint density at radius 2 is 1.71 bits per heavy atom. The van der Waals surface area contributed by atoms with Gasteiger partial charge in [-0.2, -0.15) is 5.10 Å². The Bertz CT molecular complexity index is 970. The van der Waals surface area contributed by atoms with Crippen LogP contribution in [0.1, 0.15) is 15.9 Å². The molecule has 7 nitrogen and oxygen atoms in total. The SMILES string of the molecule is COc1ccc(C(=O)Nc2ccn(Cc3ccc(F)cc3)n2)c(OC)c1OC. The van der Waals surface area contributed by atoms with Gasteiger partial charge in [0.1, 0.15) is 5.82 Å². The van der Waals surface area contributed by atoms with Crippen LogP contribution in [0.3, 0.4) is 0 Å². The summed E-state index contributed by atoms with van der Waals surface area (Å²) in [6.45, 7) is 0.454. The standard InChI is InChI=1S/C20H20FN3O4/c1-26-16-9-8-15(18(27-2)19(16)28-3)20(25)22-17-10-11-24(23-17)12-13-4-6-14(21)7-5-13/h4-11H,12H2,1-3H3,(H,22,23,25). The maximum atomic E-state index is 13.0. The summed E-state index contributed by atoms with van der Waals surface area (Å²) < 4.78 is 30.5. The molecular formula is C20H20FN3O4. The monoisotopic (exact) mass is 385 g/mol. The highest BCUT2D eigenvalue weighted by Gasteiger charge is 2.21. The summed E-state index contributed by atoms with van der Waals surface area (Å²) in [5, 5.41) is 7.05. The zero-order valence-corrected chi connectivity index (χ0v) is 15.7. The first-order valence-corrected chi connectivity index (χ1v) is 8.44. The van der Waals surface area contributed by atoms with Gasteiger partial charge in [0.05, 0.1) is 33.4 Å². The molecule has 146 valence electrons. The number of hydrogen-bond donors (Lipinski definition) is 1. The minimum atomic E-state index is -0.398. The normalized spacial score (nSPS) is 10.4. The van der Waals surface area contributed by atoms with E-state index in [0.717, 1.165) is 5.56 Å². The third-order valence-electron chi connectivity index (χ3n) is 4.09. The number of ether oxygens (including phenoxy) is 3. The number of carbonyl (C=O) groups excluding carboxylic acids is 1. The second kappa shape index (κ2) is 8.43. The number of amides is 1. The van der Waals surface area contributed by atoms with Crippen molar-refractivity contribution in [1.29, 1.82) is 0 Å². The van der Waals surface area contributed by atoms with E-state index in [4.69, 9.17) is 14.2 Å². The van der Waals surface area contributed by atoms with Crippen LogP contribution in [0.25, 0.3) is 0 Å². The second-order valence-electron chi connectivity index (χ2n) is 5.86. The van der Waals surface area contributed by atoms with E-state index in [2.05, 4.69) is 10.4 Å². The average Bonchev–Trinajstić information content (AvgIpc) is 3.14. The number of halogens is 1. The Balaban J connectivity index is 1.77. The summed E-state index contributed by atoms with van der Waals surface area (Å²) >= 11 is 0. The number of nitrogens with zero attached hydrogens (tertiary/aromatic N) is 2. The fourth-order valence-electron chi connectivity index (χ4n) is 2.76. The molecule has 1 amide bonds. The van der Waals surface area contributed by atoms with E-state index < -0.39 is 5.91 Å². The predicted molar refractivity (Wildman–Crippen MR) is 102 cm³/mol. The minimum Gasteiger partial charge on any atom is -0.493 e. The first-order valence-electron chi connectivity index (χ1n) is 8.44. The lowest BCUT2D eigenvalue weighted by Gasteiger charge is -2.15. The van der Waals surface area contributed by atoms with Crippen molar-refractivity contribution >= 4 is 11.7 Å². The van der Waals surface area contributed by atoms with Crippen LogP contribution in [0.5, 0.6) is 17.2 Å². The van der Waals surface area contributed by atoms with Crippen LogP contribution in [0.2, 0.25) is 0 Å². The number of carbonyl (C=O) groups is 1. The van der Waals surface area contributed by atoms with E-state index in [1.807, 2.05) is 0 Å². The minimum absolute atomic E-state index is 0.269. The first-order chi connectivity index (χ1) is 13.5. The predicted octanol–water partition coefficient (Wildman–Crippen LogP) is 3.35. The van der Waals surface area contributed by atoms with Crippen molar-refractivity contribution in [3.63, 3.8) is 0 Å². The molecule has 0 saturated carbocycles. The van der Waals surface area contributed by atoms with Gasteiger partial charge in [0, 0.05) is 12.3 Å². The van der Waals surface area contributed by atoms with E-state index in [0.29, 0.717) is 23.9 Å². The number of anilines is 1. The Morgan fingerprint density at radius 1 is 1.00 bits per heavy atom. The molecule has 3 aromatic rings. The molecule has 0 fully saturated rings. The summed E-state index contributed by atoms with van der Waals surface area (Å²) in [5.74, 6) is 0.749. The molecule has 0 aliphatic carbocycles. The number of methoxy groups -OCH3 is 3. The lowest BCUT2D eigenvalue weighted by molar-refractivity contribution is 0.102. The van der Waals surface area contributed by atoms with Crippen LogP contribution < -0.4 is 19.5 Å². The van der Waals surface area contributed by atoms with Gasteiger partial charge in [0.15, 0.2) is 17.3 Å². The molecular weight excluding hydrogens is 365 g/mol. The number of nitrogens with one attached hydrogen (secondary N) is 1. The molecule has 1 aromatic heterocycles. The average molecular weight is 385 g/mol. The van der Waals surface area contributed by atoms with Crippen molar-refractivity contribution in [2.75, 3.05) is 26.6 Å². The smallest absolute Gasteiger partial charge is 0.260 e. The topological polar surface area (TPSA) is 74.6 Å². The van der Waals surface area contributed by atoms with E-state index in [1.54, 1.807) is 41.2 Å². The molecule has 0 aliphatic rings. The Morgan fingerprint density at radius 3 is 2.36 bits per heavy atom. The third kappa shape index (κ3) is 4.06. The number of rotatable bonds is 7. The van der Waals surface area contributed by atoms with Gasteiger partial charge in [-0.05, 0) is 29.8 Å². The van der Waals surface area contributed by atoms with Gasteiger partial charge in [-0.15, -0.1) is 0 Å². The van der Waals surface area contributed by atoms with Crippen molar-refractivity contribution in [3.05, 3.63) is 65.6 Å². The highest BCUT2D eigenvalue weighted by atomic mass is 19.1. The van der Waals surface area contributed by atoms with Crippen LogP contribution in [0.4, 0.5) is 10.2 Å². The number of benzene rings is 2. The fourth-order valence-corrected chi connectivity index (χ4v) is 2.76. The summed E-state index contributed by atoms with van der Waals surface area (Å²) in [6.07, 6.45) is 1.73. The van der Waals surface area contributed by atoms with Crippen molar-refractivity contribution in [2.45, 2.75) is 6.54 Å². The Hall–Kier alpha value is -3.55. The highest BCUT2D eigenvalue weighted by Crippen LogP contribution is 2.39. The number of aromatic nitrogens is 2. The Kier molecular flexibility index (Phi) is 5.78. The van der Waals surface area contributed by atoms with Gasteiger partial charge in [-0.3, -0.25) is 9.48 Å². The molecule has 0 aliphatic heterocycles. The van der Waals surface area contributed by atoms with Gasteiger partial charge in [0.2, 0.25) is 5.75 Å². The van der Waals surface area contributed by atoms with E-state index in [-0.39, 0.29) is 17.1 Å². The van der Waals surface area contributed by atoms with Crippen LogP contribution in [0, 0.1) is 5.82 Å². The van der Waals surface area contributed by atoms with Crippen molar-refractivity contribution in [2.24, 2.45) is 0 Å². The summed E-state index contributed by atoms with van der Waals surface area (Å²) in [5.41, 5.74) is 1.18. The highest BCUT2D eigenvalue weighted by molar-refractivity contribution is 6.06. The third-order valence-corrected chi connectivity index (χ3v) is 4.09. The molecule has 0 bridgehead atoms. The lowest BCUT2D eigenvalue weighted by Crippen LogP contribution is -2.14. The maximum absolute atomic E-state index is 13.0. The van der Waals surface area contributed by atoms with Gasteiger partial charge in [-0.25, -0.2) is 4.39 Å². The van der Waals surface area contributed by atoms with Crippen molar-refractivity contribution in [3.8, 4) is 17.2 Å². The molecule has 28 heavy (non-hydrogen) atoms. The fraction of sp³-hybridized carbons (Fsp3) is 0.200. The Labute approximate surface area is 161 Å². The summed E-state index contributed by atoms with van der Waals surface area (Å²) in [4.78, 5) is 12.7. The van der Waals surface area contributed by atoms with E-state index in [9.17, 15) is 9.18 Å². The molecule has 0 saturated heterocycles. The molecule has 1 heterocycles. The summed E-state index contributed by atoms with van der Waals surface area (Å²) in [7, 11) is 4.43. The first kappa shape index (κ1) is 19.2. The van der Waals surface area contributed by atoms with Gasteiger partial charge in [0.25, 0.3) is 5.91 Å². The van der Waals surface area contributed by atoms with Gasteiger partial charge >= 0.3 is 0 Å².